The molecule has 1 aromatic carbocycles. The second-order valence-electron chi connectivity index (χ2n) is 8.54. The maximum Gasteiger partial charge on any atom is 0.279 e. The number of nitrogens with two attached hydrogens (primary N) is 1. The molecule has 162 valence electrons. The Morgan fingerprint density at radius 2 is 1.69 bits per heavy atom. The van der Waals surface area contributed by atoms with Crippen molar-refractivity contribution in [2.75, 3.05) is 0 Å². The largest absolute Gasteiger partial charge is 0.335 e. The predicted octanol–water partition coefficient (Wildman–Crippen LogP) is 2.41. The molecule has 0 spiro atoms. The summed E-state index contributed by atoms with van der Waals surface area (Å²) in [5, 5.41) is 0. The number of piperidine rings is 1. The molecule has 2 aliphatic rings. The summed E-state index contributed by atoms with van der Waals surface area (Å²) in [6.45, 7) is 2.35. The smallest absolute Gasteiger partial charge is 0.279 e. The summed E-state index contributed by atoms with van der Waals surface area (Å²) in [5.74, 6) is -3.98. The zero-order valence-electron chi connectivity index (χ0n) is 16.2. The Labute approximate surface area is 168 Å². The van der Waals surface area contributed by atoms with Gasteiger partial charge in [0.2, 0.25) is 5.91 Å². The van der Waals surface area contributed by atoms with Crippen LogP contribution in [-0.4, -0.2) is 46.7 Å². The summed E-state index contributed by atoms with van der Waals surface area (Å²) in [4.78, 5) is 14.4. The molecule has 2 unspecified atom stereocenters. The van der Waals surface area contributed by atoms with Gasteiger partial charge in [0.1, 0.15) is 5.82 Å². The lowest BCUT2D eigenvalue weighted by molar-refractivity contribution is -0.138. The van der Waals surface area contributed by atoms with Gasteiger partial charge >= 0.3 is 0 Å². The molecule has 3 atom stereocenters. The molecule has 1 amide bonds. The molecule has 2 heterocycles. The monoisotopic (exact) mass is 434 g/mol. The van der Waals surface area contributed by atoms with Crippen molar-refractivity contribution in [3.8, 4) is 0 Å². The lowest BCUT2D eigenvalue weighted by Gasteiger charge is -2.43. The van der Waals surface area contributed by atoms with Gasteiger partial charge in [-0.3, -0.25) is 9.35 Å². The molecule has 10 heteroatoms. The van der Waals surface area contributed by atoms with Gasteiger partial charge in [0.15, 0.2) is 16.4 Å². The van der Waals surface area contributed by atoms with E-state index in [1.807, 2.05) is 0 Å². The summed E-state index contributed by atoms with van der Waals surface area (Å²) in [6.07, 6.45) is 2.38. The molecule has 2 bridgehead atoms. The molecule has 29 heavy (non-hydrogen) atoms. The maximum absolute atomic E-state index is 13.9. The first-order valence-corrected chi connectivity index (χ1v) is 11.0. The van der Waals surface area contributed by atoms with Crippen LogP contribution in [-0.2, 0) is 21.3 Å². The van der Waals surface area contributed by atoms with Crippen LogP contribution in [0.1, 0.15) is 45.1 Å². The van der Waals surface area contributed by atoms with Crippen molar-refractivity contribution in [2.24, 2.45) is 11.7 Å². The molecule has 0 saturated carbocycles. The van der Waals surface area contributed by atoms with Crippen LogP contribution in [0, 0.1) is 23.4 Å². The van der Waals surface area contributed by atoms with E-state index in [-0.39, 0.29) is 30.0 Å². The van der Waals surface area contributed by atoms with Crippen molar-refractivity contribution >= 4 is 16.0 Å². The van der Waals surface area contributed by atoms with E-state index in [0.717, 1.165) is 6.07 Å². The van der Waals surface area contributed by atoms with Crippen LogP contribution in [0.15, 0.2) is 12.1 Å². The fraction of sp³-hybridized carbons (Fsp3) is 0.632. The van der Waals surface area contributed by atoms with Crippen molar-refractivity contribution < 1.29 is 30.9 Å². The average Bonchev–Trinajstić information content (AvgIpc) is 2.86. The highest BCUT2D eigenvalue weighted by atomic mass is 32.2. The molecule has 1 aromatic rings. The SMILES string of the molecule is CC(C)(C(=O)N1C2CCC1CC([C@H](N)Cc1cc(F)c(F)cc1F)C2)S(=O)(=O)O. The van der Waals surface area contributed by atoms with Crippen LogP contribution in [0.2, 0.25) is 0 Å². The summed E-state index contributed by atoms with van der Waals surface area (Å²) in [5.41, 5.74) is 6.24. The van der Waals surface area contributed by atoms with Crippen molar-refractivity contribution in [1.82, 2.24) is 4.90 Å². The minimum atomic E-state index is -4.58. The zero-order chi connectivity index (χ0) is 21.7. The van der Waals surface area contributed by atoms with Gasteiger partial charge in [-0.2, -0.15) is 8.42 Å². The highest BCUT2D eigenvalue weighted by Crippen LogP contribution is 2.42. The van der Waals surface area contributed by atoms with Gasteiger partial charge in [-0.15, -0.1) is 0 Å². The molecule has 3 rings (SSSR count). The number of carbonyl (C=O) groups excluding carboxylic acids is 1. The molecule has 2 fully saturated rings. The minimum Gasteiger partial charge on any atom is -0.335 e. The number of nitrogens with zero attached hydrogens (tertiary/aromatic N) is 1. The predicted molar refractivity (Wildman–Crippen MR) is 100 cm³/mol. The lowest BCUT2D eigenvalue weighted by Crippen LogP contribution is -2.57. The van der Waals surface area contributed by atoms with Gasteiger partial charge in [0, 0.05) is 24.2 Å². The third-order valence-corrected chi connectivity index (χ3v) is 7.78. The zero-order valence-corrected chi connectivity index (χ0v) is 17.1. The molecular formula is C19H25F3N2O4S. The molecule has 6 nitrogen and oxygen atoms in total. The van der Waals surface area contributed by atoms with Gasteiger partial charge in [-0.05, 0) is 63.5 Å². The van der Waals surface area contributed by atoms with E-state index in [0.29, 0.717) is 31.7 Å². The fourth-order valence-corrected chi connectivity index (χ4v) is 4.79. The van der Waals surface area contributed by atoms with Crippen LogP contribution in [0.5, 0.6) is 0 Å². The van der Waals surface area contributed by atoms with Crippen LogP contribution < -0.4 is 5.73 Å². The van der Waals surface area contributed by atoms with Gasteiger partial charge in [0.25, 0.3) is 10.1 Å². The van der Waals surface area contributed by atoms with E-state index in [9.17, 15) is 30.9 Å². The molecular weight excluding hydrogens is 409 g/mol. The highest BCUT2D eigenvalue weighted by molar-refractivity contribution is 7.88. The maximum atomic E-state index is 13.9. The molecule has 0 radical (unpaired) electrons. The summed E-state index contributed by atoms with van der Waals surface area (Å²) in [6, 6.07) is 0.331. The molecule has 2 aliphatic heterocycles. The topological polar surface area (TPSA) is 101 Å². The van der Waals surface area contributed by atoms with E-state index < -0.39 is 44.3 Å². The van der Waals surface area contributed by atoms with Gasteiger partial charge < -0.3 is 10.6 Å². The number of hydrogen-bond acceptors (Lipinski definition) is 4. The standard InChI is InChI=1S/C19H25F3N2O4S/c1-19(2,29(26,27)28)18(25)24-12-3-4-13(24)6-11(5-12)17(23)8-10-7-15(21)16(22)9-14(10)20/h7,9,11-13,17H,3-6,8,23H2,1-2H3,(H,26,27,28)/t11?,12?,13?,17-/m1/s1. The Kier molecular flexibility index (Phi) is 5.74. The van der Waals surface area contributed by atoms with Crippen LogP contribution in [0.4, 0.5) is 13.2 Å². The van der Waals surface area contributed by atoms with E-state index in [1.54, 1.807) is 0 Å². The first-order chi connectivity index (χ1) is 13.3. The fourth-order valence-electron chi connectivity index (χ4n) is 4.46. The van der Waals surface area contributed by atoms with Gasteiger partial charge in [0.05, 0.1) is 0 Å². The van der Waals surface area contributed by atoms with Crippen LogP contribution >= 0.6 is 0 Å². The number of fused-ring (bicyclic) bond motifs is 2. The van der Waals surface area contributed by atoms with Crippen molar-refractivity contribution in [3.63, 3.8) is 0 Å². The van der Waals surface area contributed by atoms with Crippen molar-refractivity contribution in [2.45, 2.75) is 68.8 Å². The summed E-state index contributed by atoms with van der Waals surface area (Å²) < 4.78 is 71.2. The normalized spacial score (nSPS) is 25.9. The van der Waals surface area contributed by atoms with E-state index in [1.165, 1.54) is 18.7 Å². The lowest BCUT2D eigenvalue weighted by atomic mass is 9.82. The highest BCUT2D eigenvalue weighted by Gasteiger charge is 2.51. The minimum absolute atomic E-state index is 0.00485. The number of amides is 1. The average molecular weight is 434 g/mol. The van der Waals surface area contributed by atoms with Crippen LogP contribution in [0.3, 0.4) is 0 Å². The Morgan fingerprint density at radius 3 is 2.21 bits per heavy atom. The molecule has 0 aliphatic carbocycles. The number of rotatable bonds is 5. The van der Waals surface area contributed by atoms with Crippen molar-refractivity contribution in [1.29, 1.82) is 0 Å². The van der Waals surface area contributed by atoms with Gasteiger partial charge in [-0.1, -0.05) is 0 Å². The Balaban J connectivity index is 1.73. The molecule has 0 aromatic heterocycles. The Hall–Kier alpha value is -1.65. The Bertz CT molecular complexity index is 908. The third-order valence-electron chi connectivity index (χ3n) is 6.31. The number of benzene rings is 1. The number of hydrogen-bond donors (Lipinski definition) is 2. The van der Waals surface area contributed by atoms with Crippen molar-refractivity contribution in [3.05, 3.63) is 35.1 Å². The second kappa shape index (κ2) is 7.55. The van der Waals surface area contributed by atoms with E-state index in [4.69, 9.17) is 5.73 Å². The van der Waals surface area contributed by atoms with Gasteiger partial charge in [-0.25, -0.2) is 13.2 Å². The van der Waals surface area contributed by atoms with Crippen LogP contribution in [0.25, 0.3) is 0 Å². The first kappa shape index (κ1) is 22.0. The quantitative estimate of drug-likeness (QED) is 0.548. The molecule has 3 N–H and O–H groups in total. The number of carbonyl (C=O) groups is 1. The summed E-state index contributed by atoms with van der Waals surface area (Å²) in [7, 11) is -4.58. The van der Waals surface area contributed by atoms with E-state index >= 15 is 0 Å². The first-order valence-electron chi connectivity index (χ1n) is 9.51. The second-order valence-corrected chi connectivity index (χ2v) is 10.5. The third kappa shape index (κ3) is 4.02. The summed E-state index contributed by atoms with van der Waals surface area (Å²) >= 11 is 0. The number of halogens is 3. The molecule has 2 saturated heterocycles. The Morgan fingerprint density at radius 1 is 1.17 bits per heavy atom. The van der Waals surface area contributed by atoms with E-state index in [2.05, 4.69) is 0 Å².